The second-order valence-corrected chi connectivity index (χ2v) is 25.2. The third kappa shape index (κ3) is 14.6. The highest BCUT2D eigenvalue weighted by Crippen LogP contribution is 2.46. The van der Waals surface area contributed by atoms with Crippen molar-refractivity contribution in [2.75, 3.05) is 63.0 Å². The third-order valence-corrected chi connectivity index (χ3v) is 19.5. The van der Waals surface area contributed by atoms with Gasteiger partial charge in [0, 0.05) is 81.4 Å². The Balaban J connectivity index is 0.757. The topological polar surface area (TPSA) is 184 Å². The number of aliphatic hydroxyl groups excluding tert-OH is 2. The smallest absolute Gasteiger partial charge is 0.253 e. The van der Waals surface area contributed by atoms with Crippen LogP contribution in [0.5, 0.6) is 0 Å². The van der Waals surface area contributed by atoms with Crippen LogP contribution < -0.4 is 4.90 Å². The molecule has 1 amide bonds. The number of para-hydroxylation sites is 1. The lowest BCUT2D eigenvalue weighted by atomic mass is 9.80. The van der Waals surface area contributed by atoms with Crippen LogP contribution in [0.3, 0.4) is 0 Å². The van der Waals surface area contributed by atoms with Crippen LogP contribution in [-0.4, -0.2) is 181 Å². The Morgan fingerprint density at radius 3 is 2.41 bits per heavy atom. The average Bonchev–Trinajstić information content (AvgIpc) is 3.95. The Bertz CT molecular complexity index is 2480. The highest BCUT2D eigenvalue weighted by atomic mass is 127. The number of methoxy groups -OCH3 is 1. The molecule has 3 N–H and O–H groups in total. The van der Waals surface area contributed by atoms with E-state index in [1.54, 1.807) is 12.0 Å². The Morgan fingerprint density at radius 1 is 0.838 bits per heavy atom. The molecular formula is C63H87IN2O14. The number of rotatable bonds is 14. The molecule has 0 aliphatic carbocycles. The lowest BCUT2D eigenvalue weighted by Crippen LogP contribution is -2.61. The maximum Gasteiger partial charge on any atom is 0.253 e. The van der Waals surface area contributed by atoms with E-state index in [1.165, 1.54) is 0 Å². The van der Waals surface area contributed by atoms with Gasteiger partial charge in [0.1, 0.15) is 18.5 Å². The van der Waals surface area contributed by atoms with Gasteiger partial charge in [-0.05, 0) is 91.8 Å². The summed E-state index contributed by atoms with van der Waals surface area (Å²) in [5.41, 5.74) is 6.02. The molecular weight excluding hydrogens is 1140 g/mol. The molecule has 440 valence electrons. The van der Waals surface area contributed by atoms with E-state index in [4.69, 9.17) is 42.6 Å². The van der Waals surface area contributed by atoms with E-state index < -0.39 is 48.5 Å². The zero-order valence-corrected chi connectivity index (χ0v) is 49.3. The number of carbonyl (C=O) groups excluding carboxylic acids is 2. The zero-order chi connectivity index (χ0) is 56.1. The minimum Gasteiger partial charge on any atom is -0.392 e. The Morgan fingerprint density at radius 2 is 1.59 bits per heavy atom. The van der Waals surface area contributed by atoms with Crippen LogP contribution in [0.25, 0.3) is 12.2 Å². The van der Waals surface area contributed by atoms with Gasteiger partial charge >= 0.3 is 0 Å². The van der Waals surface area contributed by atoms with Crippen LogP contribution in [-0.2, 0) is 58.8 Å². The van der Waals surface area contributed by atoms with Crippen LogP contribution in [0.4, 0.5) is 5.69 Å². The second kappa shape index (κ2) is 27.4. The standard InChI is InChI=1S/C63H87IN2O14/c1-38-26-46-16-18-53-39(2)27-48(75-53)20-21-63(71)33-52(69)50(34-64)57-32-59(80-63)62-54(78-57)19-17-47(77-62)28-44(67)29-49-56(31-55(76-46)40(38)3)79-58(61(49)72-5)30-45(68)36-65(4)22-23-73-24-25-74-37-60(70)66-35-43-12-7-6-10-41(43)14-15-42-11-8-9-13-51(42)66/h6-15,38,45-50,52-59,61-62,68-69,71H,2-3,16-37H2,1,4-5H3/b15-14-/t38-,45+,46+,47-,48+,49+,50+,52-,53+,54+,55-,56+,57-,58-,59-,61-,62+,63+/m1/s1. The molecule has 2 aromatic carbocycles. The second-order valence-electron chi connectivity index (χ2n) is 24.3. The summed E-state index contributed by atoms with van der Waals surface area (Å²) < 4.78 is 59.5. The van der Waals surface area contributed by atoms with Crippen LogP contribution in [0.1, 0.15) is 114 Å². The Labute approximate surface area is 486 Å². The predicted molar refractivity (Wildman–Crippen MR) is 311 cm³/mol. The number of alkyl halides is 1. The molecule has 0 unspecified atom stereocenters. The van der Waals surface area contributed by atoms with Gasteiger partial charge in [-0.3, -0.25) is 9.59 Å². The number of benzene rings is 2. The molecule has 9 bridgehead atoms. The largest absolute Gasteiger partial charge is 0.392 e. The molecule has 7 fully saturated rings. The first-order chi connectivity index (χ1) is 38.6. The van der Waals surface area contributed by atoms with Gasteiger partial charge in [0.05, 0.1) is 111 Å². The van der Waals surface area contributed by atoms with Crippen molar-refractivity contribution in [2.24, 2.45) is 17.8 Å². The lowest BCUT2D eigenvalue weighted by molar-refractivity contribution is -0.327. The number of ketones is 1. The van der Waals surface area contributed by atoms with E-state index in [1.807, 2.05) is 60.5 Å². The van der Waals surface area contributed by atoms with Gasteiger partial charge in [0.15, 0.2) is 5.79 Å². The van der Waals surface area contributed by atoms with E-state index >= 15 is 0 Å². The minimum atomic E-state index is -1.60. The first-order valence-corrected chi connectivity index (χ1v) is 31.2. The van der Waals surface area contributed by atoms with E-state index in [-0.39, 0.29) is 105 Å². The molecule has 80 heavy (non-hydrogen) atoms. The van der Waals surface area contributed by atoms with E-state index in [2.05, 4.69) is 54.8 Å². The number of fused-ring (bicyclic) bond motifs is 10. The Kier molecular flexibility index (Phi) is 20.6. The average molecular weight is 1220 g/mol. The molecule has 17 heteroatoms. The number of Topliss-reactive ketones (excluding diaryl/α,β-unsaturated/α-hetero) is 1. The van der Waals surface area contributed by atoms with Gasteiger partial charge in [-0.1, -0.05) is 97.3 Å². The molecule has 0 spiro atoms. The molecule has 0 aromatic heterocycles. The lowest BCUT2D eigenvalue weighted by Gasteiger charge is -2.52. The number of nitrogens with zero attached hydrogens (tertiary/aromatic N) is 2. The van der Waals surface area contributed by atoms with Gasteiger partial charge < -0.3 is 67.8 Å². The molecule has 0 saturated carbocycles. The number of anilines is 1. The van der Waals surface area contributed by atoms with E-state index in [9.17, 15) is 24.9 Å². The fourth-order valence-electron chi connectivity index (χ4n) is 14.1. The van der Waals surface area contributed by atoms with Gasteiger partial charge in [0.25, 0.3) is 5.91 Å². The van der Waals surface area contributed by atoms with Crippen LogP contribution in [0, 0.1) is 17.8 Å². The summed E-state index contributed by atoms with van der Waals surface area (Å²) in [6, 6.07) is 16.0. The number of ether oxygens (including phenoxy) is 9. The Hall–Kier alpha value is -2.99. The fraction of sp³-hybridized carbons (Fsp3) is 0.683. The van der Waals surface area contributed by atoms with Crippen molar-refractivity contribution in [1.29, 1.82) is 0 Å². The van der Waals surface area contributed by atoms with Crippen molar-refractivity contribution in [3.8, 4) is 0 Å². The number of carbonyl (C=O) groups is 2. The molecule has 2 aromatic rings. The number of likely N-dealkylation sites (N-methyl/N-ethyl adjacent to an activating group) is 1. The monoisotopic (exact) mass is 1220 g/mol. The van der Waals surface area contributed by atoms with Crippen LogP contribution in [0.15, 0.2) is 72.8 Å². The van der Waals surface area contributed by atoms with Gasteiger partial charge in [-0.25, -0.2) is 0 Å². The summed E-state index contributed by atoms with van der Waals surface area (Å²) in [6.07, 6.45) is 5.60. The quantitative estimate of drug-likeness (QED) is 0.0721. The maximum atomic E-state index is 14.5. The highest BCUT2D eigenvalue weighted by Gasteiger charge is 2.53. The molecule has 10 rings (SSSR count). The van der Waals surface area contributed by atoms with Gasteiger partial charge in [-0.15, -0.1) is 0 Å². The fourth-order valence-corrected chi connectivity index (χ4v) is 15.3. The first-order valence-electron chi connectivity index (χ1n) is 29.6. The number of hydrogen-bond donors (Lipinski definition) is 3. The van der Waals surface area contributed by atoms with Gasteiger partial charge in [0.2, 0.25) is 0 Å². The summed E-state index contributed by atoms with van der Waals surface area (Å²) in [4.78, 5) is 31.9. The summed E-state index contributed by atoms with van der Waals surface area (Å²) in [6.45, 7) is 13.4. The number of halogens is 1. The van der Waals surface area contributed by atoms with E-state index in [0.29, 0.717) is 88.6 Å². The first kappa shape index (κ1) is 60.1. The van der Waals surface area contributed by atoms with Crippen molar-refractivity contribution in [3.05, 3.63) is 89.5 Å². The summed E-state index contributed by atoms with van der Waals surface area (Å²) in [5, 5.41) is 35.5. The molecule has 8 aliphatic heterocycles. The molecule has 8 aliphatic rings. The predicted octanol–water partition coefficient (Wildman–Crippen LogP) is 7.79. The van der Waals surface area contributed by atoms with Gasteiger partial charge in [-0.2, -0.15) is 0 Å². The van der Waals surface area contributed by atoms with Crippen molar-refractivity contribution in [1.82, 2.24) is 4.90 Å². The third-order valence-electron chi connectivity index (χ3n) is 18.5. The molecule has 0 radical (unpaired) electrons. The molecule has 8 heterocycles. The summed E-state index contributed by atoms with van der Waals surface area (Å²) in [5.74, 6) is -1.98. The molecule has 16 nitrogen and oxygen atoms in total. The van der Waals surface area contributed by atoms with E-state index in [0.717, 1.165) is 52.8 Å². The summed E-state index contributed by atoms with van der Waals surface area (Å²) >= 11 is 2.31. The van der Waals surface area contributed by atoms with Crippen LogP contribution >= 0.6 is 22.6 Å². The van der Waals surface area contributed by atoms with Crippen molar-refractivity contribution >= 4 is 52.1 Å². The maximum absolute atomic E-state index is 14.5. The summed E-state index contributed by atoms with van der Waals surface area (Å²) in [7, 11) is 3.60. The minimum absolute atomic E-state index is 0.0414. The highest BCUT2D eigenvalue weighted by molar-refractivity contribution is 14.1. The van der Waals surface area contributed by atoms with Crippen molar-refractivity contribution in [3.63, 3.8) is 0 Å². The molecule has 18 atom stereocenters. The number of amides is 1. The SMILES string of the molecule is C=C1C[C@@H]2CC[C@@]3(O)C[C@@H](O)[C@H](CI)[C@H]4C[C@@H](O3)[C@H]3O[C@H](CC[C@@H]3O4)CC(=O)C[C@@H]3[C@@H](OC)[C@@H](C[C@H](O)CN(C)CCOCCOCC(=O)N4Cc5ccccc5/C=C\c5ccccc54)O[C@H]3C[C@H]3O[C@@H](CC[C@@H]1O2)C[C@@H](C)C3=C. The number of aliphatic hydroxyl groups is 3. The zero-order valence-electron chi connectivity index (χ0n) is 47.2. The van der Waals surface area contributed by atoms with Crippen molar-refractivity contribution < 1.29 is 67.5 Å². The van der Waals surface area contributed by atoms with Crippen molar-refractivity contribution in [2.45, 2.75) is 195 Å². The normalized spacial score (nSPS) is 37.5. The molecule has 7 saturated heterocycles. The van der Waals surface area contributed by atoms with Crippen LogP contribution in [0.2, 0.25) is 0 Å². The number of hydrogen-bond acceptors (Lipinski definition) is 15.